The van der Waals surface area contributed by atoms with E-state index in [-0.39, 0.29) is 11.5 Å². The Labute approximate surface area is 157 Å². The molecule has 0 saturated carbocycles. The summed E-state index contributed by atoms with van der Waals surface area (Å²) in [5.74, 6) is 1.32. The van der Waals surface area contributed by atoms with Gasteiger partial charge < -0.3 is 10.2 Å². The van der Waals surface area contributed by atoms with Gasteiger partial charge in [-0.15, -0.1) is 0 Å². The first-order valence-corrected chi connectivity index (χ1v) is 9.76. The van der Waals surface area contributed by atoms with Crippen LogP contribution in [0.4, 0.5) is 15.8 Å². The maximum absolute atomic E-state index is 13.3. The number of benzene rings is 2. The lowest BCUT2D eigenvalue weighted by atomic mass is 10.2. The van der Waals surface area contributed by atoms with E-state index in [1.165, 1.54) is 18.2 Å². The Kier molecular flexibility index (Phi) is 5.69. The number of nitrogens with zero attached hydrogens (tertiary/aromatic N) is 1. The van der Waals surface area contributed by atoms with Gasteiger partial charge in [-0.2, -0.15) is 11.8 Å². The second-order valence-electron chi connectivity index (χ2n) is 5.34. The molecule has 1 aliphatic heterocycles. The highest BCUT2D eigenvalue weighted by atomic mass is 79.9. The number of nitrogens with one attached hydrogen (secondary N) is 1. The van der Waals surface area contributed by atoms with Crippen LogP contribution in [0.2, 0.25) is 5.02 Å². The summed E-state index contributed by atoms with van der Waals surface area (Å²) in [5.41, 5.74) is 1.79. The second-order valence-corrected chi connectivity index (χ2v) is 7.83. The van der Waals surface area contributed by atoms with Crippen molar-refractivity contribution >= 4 is 56.6 Å². The third-order valence-corrected chi connectivity index (χ3v) is 5.67. The van der Waals surface area contributed by atoms with Gasteiger partial charge in [-0.3, -0.25) is 4.79 Å². The van der Waals surface area contributed by atoms with E-state index >= 15 is 0 Å². The van der Waals surface area contributed by atoms with Gasteiger partial charge in [-0.1, -0.05) is 11.6 Å². The minimum absolute atomic E-state index is 0.239. The molecule has 0 bridgehead atoms. The Hall–Kier alpha value is -1.24. The molecule has 3 nitrogen and oxygen atoms in total. The van der Waals surface area contributed by atoms with Crippen LogP contribution >= 0.6 is 39.3 Å². The molecule has 1 saturated heterocycles. The van der Waals surface area contributed by atoms with Crippen LogP contribution in [0.15, 0.2) is 40.9 Å². The van der Waals surface area contributed by atoms with Crippen LogP contribution < -0.4 is 10.2 Å². The van der Waals surface area contributed by atoms with Crippen LogP contribution in [0.25, 0.3) is 0 Å². The molecule has 0 aliphatic carbocycles. The third kappa shape index (κ3) is 4.05. The topological polar surface area (TPSA) is 32.3 Å². The maximum atomic E-state index is 13.3. The molecule has 0 spiro atoms. The molecule has 7 heteroatoms. The number of rotatable bonds is 3. The molecule has 0 atom stereocenters. The van der Waals surface area contributed by atoms with E-state index in [9.17, 15) is 9.18 Å². The van der Waals surface area contributed by atoms with Gasteiger partial charge in [0, 0.05) is 34.8 Å². The first kappa shape index (κ1) is 17.6. The Bertz CT molecular complexity index is 768. The Morgan fingerprint density at radius 3 is 2.67 bits per heavy atom. The average molecular weight is 430 g/mol. The van der Waals surface area contributed by atoms with Crippen molar-refractivity contribution in [3.05, 3.63) is 57.3 Å². The van der Waals surface area contributed by atoms with E-state index in [2.05, 4.69) is 26.1 Å². The van der Waals surface area contributed by atoms with Crippen molar-refractivity contribution in [1.29, 1.82) is 0 Å². The van der Waals surface area contributed by atoms with Gasteiger partial charge in [0.1, 0.15) is 5.82 Å². The zero-order valence-electron chi connectivity index (χ0n) is 12.7. The van der Waals surface area contributed by atoms with Gasteiger partial charge in [0.05, 0.1) is 16.3 Å². The highest BCUT2D eigenvalue weighted by Gasteiger charge is 2.16. The Morgan fingerprint density at radius 1 is 1.21 bits per heavy atom. The predicted molar refractivity (Wildman–Crippen MR) is 103 cm³/mol. The third-order valence-electron chi connectivity index (χ3n) is 3.73. The Morgan fingerprint density at radius 2 is 1.96 bits per heavy atom. The standard InChI is InChI=1S/C17H15BrClFN2OS/c18-14-3-1-11(20)9-13(14)17(23)21-12-2-4-16(15(19)10-12)22-5-7-24-8-6-22/h1-4,9-10H,5-8H2,(H,21,23). The number of thioether (sulfide) groups is 1. The molecule has 1 aliphatic rings. The number of hydrogen-bond acceptors (Lipinski definition) is 3. The summed E-state index contributed by atoms with van der Waals surface area (Å²) in [6, 6.07) is 9.45. The fourth-order valence-electron chi connectivity index (χ4n) is 2.52. The van der Waals surface area contributed by atoms with Crippen molar-refractivity contribution in [3.8, 4) is 0 Å². The summed E-state index contributed by atoms with van der Waals surface area (Å²) in [7, 11) is 0. The van der Waals surface area contributed by atoms with Crippen LogP contribution in [0.1, 0.15) is 10.4 Å². The fourth-order valence-corrected chi connectivity index (χ4v) is 4.15. The van der Waals surface area contributed by atoms with Gasteiger partial charge in [-0.25, -0.2) is 4.39 Å². The zero-order valence-corrected chi connectivity index (χ0v) is 15.8. The van der Waals surface area contributed by atoms with E-state index < -0.39 is 5.82 Å². The molecule has 3 rings (SSSR count). The van der Waals surface area contributed by atoms with E-state index in [1.807, 2.05) is 23.9 Å². The Balaban J connectivity index is 1.77. The molecule has 2 aromatic rings. The minimum atomic E-state index is -0.459. The van der Waals surface area contributed by atoms with E-state index in [0.717, 1.165) is 30.3 Å². The van der Waals surface area contributed by atoms with Crippen LogP contribution in [0, 0.1) is 5.82 Å². The molecule has 1 amide bonds. The van der Waals surface area contributed by atoms with Crippen molar-refractivity contribution in [2.45, 2.75) is 0 Å². The molecule has 0 radical (unpaired) electrons. The summed E-state index contributed by atoms with van der Waals surface area (Å²) < 4.78 is 13.9. The number of carbonyl (C=O) groups excluding carboxylic acids is 1. The number of halogens is 3. The summed E-state index contributed by atoms with van der Waals surface area (Å²) >= 11 is 11.6. The molecule has 126 valence electrons. The predicted octanol–water partition coefficient (Wildman–Crippen LogP) is 5.05. The molecule has 0 unspecified atom stereocenters. The number of amides is 1. The highest BCUT2D eigenvalue weighted by molar-refractivity contribution is 9.10. The quantitative estimate of drug-likeness (QED) is 0.741. The molecule has 1 fully saturated rings. The van der Waals surface area contributed by atoms with Gasteiger partial charge in [0.25, 0.3) is 5.91 Å². The lowest BCUT2D eigenvalue weighted by Crippen LogP contribution is -2.32. The van der Waals surface area contributed by atoms with Gasteiger partial charge in [-0.05, 0) is 52.3 Å². The van der Waals surface area contributed by atoms with Gasteiger partial charge >= 0.3 is 0 Å². The van der Waals surface area contributed by atoms with Crippen LogP contribution in [0.3, 0.4) is 0 Å². The van der Waals surface area contributed by atoms with E-state index in [1.54, 1.807) is 6.07 Å². The summed E-state index contributed by atoms with van der Waals surface area (Å²) in [5, 5.41) is 3.35. The normalized spacial score (nSPS) is 14.5. The monoisotopic (exact) mass is 428 g/mol. The first-order chi connectivity index (χ1) is 11.5. The van der Waals surface area contributed by atoms with Crippen LogP contribution in [-0.4, -0.2) is 30.5 Å². The highest BCUT2D eigenvalue weighted by Crippen LogP contribution is 2.31. The lowest BCUT2D eigenvalue weighted by Gasteiger charge is -2.29. The number of anilines is 2. The summed E-state index contributed by atoms with van der Waals surface area (Å²) in [4.78, 5) is 14.6. The molecular formula is C17H15BrClFN2OS. The SMILES string of the molecule is O=C(Nc1ccc(N2CCSCC2)c(Cl)c1)c1cc(F)ccc1Br. The molecule has 1 heterocycles. The molecule has 0 aromatic heterocycles. The van der Waals surface area contributed by atoms with Crippen molar-refractivity contribution in [3.63, 3.8) is 0 Å². The second kappa shape index (κ2) is 7.76. The van der Waals surface area contributed by atoms with Crippen molar-refractivity contribution in [1.82, 2.24) is 0 Å². The van der Waals surface area contributed by atoms with Crippen molar-refractivity contribution in [2.24, 2.45) is 0 Å². The number of hydrogen-bond donors (Lipinski definition) is 1. The molecular weight excluding hydrogens is 415 g/mol. The molecule has 2 aromatic carbocycles. The van der Waals surface area contributed by atoms with Crippen LogP contribution in [0.5, 0.6) is 0 Å². The van der Waals surface area contributed by atoms with Gasteiger partial charge in [0.15, 0.2) is 0 Å². The number of carbonyl (C=O) groups is 1. The van der Waals surface area contributed by atoms with Crippen molar-refractivity contribution in [2.75, 3.05) is 34.8 Å². The fraction of sp³-hybridized carbons (Fsp3) is 0.235. The summed E-state index contributed by atoms with van der Waals surface area (Å²) in [6.45, 7) is 1.93. The first-order valence-electron chi connectivity index (χ1n) is 7.43. The van der Waals surface area contributed by atoms with Gasteiger partial charge in [0.2, 0.25) is 0 Å². The summed E-state index contributed by atoms with van der Waals surface area (Å²) in [6.07, 6.45) is 0. The maximum Gasteiger partial charge on any atom is 0.256 e. The lowest BCUT2D eigenvalue weighted by molar-refractivity contribution is 0.102. The van der Waals surface area contributed by atoms with E-state index in [4.69, 9.17) is 11.6 Å². The van der Waals surface area contributed by atoms with Crippen molar-refractivity contribution < 1.29 is 9.18 Å². The van der Waals surface area contributed by atoms with E-state index in [0.29, 0.717) is 15.2 Å². The smallest absolute Gasteiger partial charge is 0.256 e. The largest absolute Gasteiger partial charge is 0.369 e. The molecule has 1 N–H and O–H groups in total. The molecule has 24 heavy (non-hydrogen) atoms. The van der Waals surface area contributed by atoms with Crippen LogP contribution in [-0.2, 0) is 0 Å². The zero-order chi connectivity index (χ0) is 17.1. The average Bonchev–Trinajstić information content (AvgIpc) is 2.58. The minimum Gasteiger partial charge on any atom is -0.369 e.